The lowest BCUT2D eigenvalue weighted by Crippen LogP contribution is -2.28. The van der Waals surface area contributed by atoms with E-state index in [1.54, 1.807) is 11.0 Å². The molecule has 1 saturated heterocycles. The van der Waals surface area contributed by atoms with Crippen molar-refractivity contribution in [3.63, 3.8) is 0 Å². The van der Waals surface area contributed by atoms with Gasteiger partial charge in [0, 0.05) is 18.7 Å². The number of nitrogens with zero attached hydrogens (tertiary/aromatic N) is 3. The van der Waals surface area contributed by atoms with Crippen LogP contribution < -0.4 is 9.47 Å². The molecule has 2 aromatic carbocycles. The van der Waals surface area contributed by atoms with Crippen LogP contribution in [0, 0.1) is 11.3 Å². The van der Waals surface area contributed by atoms with Gasteiger partial charge in [-0.2, -0.15) is 5.26 Å². The fourth-order valence-electron chi connectivity index (χ4n) is 3.17. The summed E-state index contributed by atoms with van der Waals surface area (Å²) in [4.78, 5) is 19.5. The molecule has 0 spiro atoms. The summed E-state index contributed by atoms with van der Waals surface area (Å²) in [5.41, 5.74) is 2.19. The monoisotopic (exact) mass is 513 g/mol. The highest BCUT2D eigenvalue weighted by molar-refractivity contribution is 9.10. The van der Waals surface area contributed by atoms with E-state index in [4.69, 9.17) is 9.47 Å². The third kappa shape index (κ3) is 5.34. The third-order valence-electron chi connectivity index (χ3n) is 4.64. The molecule has 0 aliphatic carbocycles. The number of halogens is 1. The van der Waals surface area contributed by atoms with Gasteiger partial charge in [-0.25, -0.2) is 0 Å². The van der Waals surface area contributed by atoms with E-state index in [9.17, 15) is 10.1 Å². The molecule has 0 bridgehead atoms. The molecule has 0 aromatic heterocycles. The predicted molar refractivity (Wildman–Crippen MR) is 132 cm³/mol. The van der Waals surface area contributed by atoms with Crippen molar-refractivity contribution in [2.24, 2.45) is 4.99 Å². The van der Waals surface area contributed by atoms with Gasteiger partial charge in [0.1, 0.15) is 6.61 Å². The normalized spacial score (nSPS) is 16.0. The van der Waals surface area contributed by atoms with E-state index >= 15 is 0 Å². The Bertz CT molecular complexity index is 1110. The summed E-state index contributed by atoms with van der Waals surface area (Å²) in [6.07, 6.45) is 1.84. The molecule has 2 aromatic rings. The number of nitriles is 1. The number of amidine groups is 1. The van der Waals surface area contributed by atoms with Crippen molar-refractivity contribution >= 4 is 44.8 Å². The SMILES string of the molecule is CCN=C1S/C(=C\c2cc(Br)c(OCc3ccccc3C#N)c(OCC)c2)C(=O)N1CC. The van der Waals surface area contributed by atoms with E-state index in [1.807, 2.05) is 57.2 Å². The molecule has 1 aliphatic rings. The van der Waals surface area contributed by atoms with Crippen molar-refractivity contribution in [1.82, 2.24) is 4.90 Å². The van der Waals surface area contributed by atoms with Crippen molar-refractivity contribution in [2.75, 3.05) is 19.7 Å². The fraction of sp³-hybridized carbons (Fsp3) is 0.292. The Morgan fingerprint density at radius 1 is 1.22 bits per heavy atom. The fourth-order valence-corrected chi connectivity index (χ4v) is 4.85. The summed E-state index contributed by atoms with van der Waals surface area (Å²) in [6, 6.07) is 13.2. The zero-order valence-electron chi connectivity index (χ0n) is 18.2. The Morgan fingerprint density at radius 2 is 2.00 bits per heavy atom. The highest BCUT2D eigenvalue weighted by Crippen LogP contribution is 2.39. The highest BCUT2D eigenvalue weighted by atomic mass is 79.9. The zero-order chi connectivity index (χ0) is 23.1. The molecular weight excluding hydrogens is 490 g/mol. The molecule has 32 heavy (non-hydrogen) atoms. The lowest BCUT2D eigenvalue weighted by Gasteiger charge is -2.15. The van der Waals surface area contributed by atoms with E-state index in [-0.39, 0.29) is 12.5 Å². The number of rotatable bonds is 8. The van der Waals surface area contributed by atoms with Crippen molar-refractivity contribution in [1.29, 1.82) is 5.26 Å². The van der Waals surface area contributed by atoms with Crippen LogP contribution in [0.3, 0.4) is 0 Å². The van der Waals surface area contributed by atoms with Crippen molar-refractivity contribution < 1.29 is 14.3 Å². The summed E-state index contributed by atoms with van der Waals surface area (Å²) >= 11 is 4.96. The van der Waals surface area contributed by atoms with E-state index in [1.165, 1.54) is 11.8 Å². The second-order valence-electron chi connectivity index (χ2n) is 6.74. The first kappa shape index (κ1) is 23.9. The molecule has 0 unspecified atom stereocenters. The molecule has 1 heterocycles. The van der Waals surface area contributed by atoms with Crippen LogP contribution in [-0.4, -0.2) is 35.7 Å². The molecule has 6 nitrogen and oxygen atoms in total. The summed E-state index contributed by atoms with van der Waals surface area (Å²) in [6.45, 7) is 7.69. The first-order chi connectivity index (χ1) is 15.5. The van der Waals surface area contributed by atoms with E-state index in [2.05, 4.69) is 27.0 Å². The van der Waals surface area contributed by atoms with Crippen LogP contribution in [0.4, 0.5) is 0 Å². The van der Waals surface area contributed by atoms with Crippen molar-refractivity contribution in [3.05, 3.63) is 62.5 Å². The Balaban J connectivity index is 1.90. The predicted octanol–water partition coefficient (Wildman–Crippen LogP) is 5.61. The number of aliphatic imine (C=N–C) groups is 1. The van der Waals surface area contributed by atoms with Crippen molar-refractivity contribution in [3.8, 4) is 17.6 Å². The quantitative estimate of drug-likeness (QED) is 0.428. The maximum atomic E-state index is 12.8. The maximum Gasteiger partial charge on any atom is 0.266 e. The molecule has 0 saturated carbocycles. The number of hydrogen-bond acceptors (Lipinski definition) is 6. The summed E-state index contributed by atoms with van der Waals surface area (Å²) < 4.78 is 12.6. The molecule has 1 aliphatic heterocycles. The first-order valence-corrected chi connectivity index (χ1v) is 12.0. The van der Waals surface area contributed by atoms with Crippen LogP contribution in [-0.2, 0) is 11.4 Å². The molecule has 0 N–H and O–H groups in total. The van der Waals surface area contributed by atoms with Gasteiger partial charge in [0.05, 0.1) is 27.6 Å². The lowest BCUT2D eigenvalue weighted by molar-refractivity contribution is -0.122. The number of hydrogen-bond donors (Lipinski definition) is 0. The minimum Gasteiger partial charge on any atom is -0.490 e. The number of thioether (sulfide) groups is 1. The topological polar surface area (TPSA) is 74.9 Å². The average Bonchev–Trinajstić information content (AvgIpc) is 3.07. The van der Waals surface area contributed by atoms with Crippen LogP contribution in [0.1, 0.15) is 37.5 Å². The summed E-state index contributed by atoms with van der Waals surface area (Å²) in [5, 5.41) is 10.0. The second-order valence-corrected chi connectivity index (χ2v) is 8.60. The molecule has 8 heteroatoms. The van der Waals surface area contributed by atoms with Gasteiger partial charge in [-0.3, -0.25) is 14.7 Å². The van der Waals surface area contributed by atoms with Gasteiger partial charge in [-0.1, -0.05) is 18.2 Å². The van der Waals surface area contributed by atoms with Crippen LogP contribution in [0.5, 0.6) is 11.5 Å². The number of benzene rings is 2. The Hall–Kier alpha value is -2.76. The average molecular weight is 514 g/mol. The number of carbonyl (C=O) groups excluding carboxylic acids is 1. The minimum atomic E-state index is -0.0489. The van der Waals surface area contributed by atoms with Gasteiger partial charge in [0.25, 0.3) is 5.91 Å². The van der Waals surface area contributed by atoms with Crippen LogP contribution in [0.2, 0.25) is 0 Å². The molecule has 1 amide bonds. The number of amides is 1. The second kappa shape index (κ2) is 11.2. The van der Waals surface area contributed by atoms with Crippen LogP contribution in [0.25, 0.3) is 6.08 Å². The van der Waals surface area contributed by atoms with E-state index in [0.29, 0.717) is 46.1 Å². The third-order valence-corrected chi connectivity index (χ3v) is 6.27. The summed E-state index contributed by atoms with van der Waals surface area (Å²) in [5.74, 6) is 1.07. The minimum absolute atomic E-state index is 0.0489. The van der Waals surface area contributed by atoms with Gasteiger partial charge in [0.2, 0.25) is 0 Å². The molecule has 166 valence electrons. The maximum absolute atomic E-state index is 12.8. The molecule has 3 rings (SSSR count). The Labute approximate surface area is 201 Å². The van der Waals surface area contributed by atoms with E-state index < -0.39 is 0 Å². The smallest absolute Gasteiger partial charge is 0.266 e. The molecule has 0 radical (unpaired) electrons. The zero-order valence-corrected chi connectivity index (χ0v) is 20.6. The largest absolute Gasteiger partial charge is 0.490 e. The van der Waals surface area contributed by atoms with Gasteiger partial charge in [-0.15, -0.1) is 0 Å². The molecule has 0 atom stereocenters. The van der Waals surface area contributed by atoms with Crippen LogP contribution >= 0.6 is 27.7 Å². The lowest BCUT2D eigenvalue weighted by atomic mass is 10.1. The van der Waals surface area contributed by atoms with Crippen molar-refractivity contribution in [2.45, 2.75) is 27.4 Å². The first-order valence-electron chi connectivity index (χ1n) is 10.3. The van der Waals surface area contributed by atoms with E-state index in [0.717, 1.165) is 16.3 Å². The number of carbonyl (C=O) groups is 1. The standard InChI is InChI=1S/C24H24BrN3O3S/c1-4-27-24-28(5-2)23(29)21(32-24)13-16-11-19(25)22(20(12-16)30-6-3)31-15-18-10-8-7-9-17(18)14-26/h7-13H,4-6,15H2,1-3H3/b21-13-,27-24?. The van der Waals surface area contributed by atoms with Gasteiger partial charge >= 0.3 is 0 Å². The summed E-state index contributed by atoms with van der Waals surface area (Å²) in [7, 11) is 0. The Morgan fingerprint density at radius 3 is 2.69 bits per heavy atom. The van der Waals surface area contributed by atoms with Crippen LogP contribution in [0.15, 0.2) is 50.8 Å². The van der Waals surface area contributed by atoms with Gasteiger partial charge in [-0.05, 0) is 78.3 Å². The van der Waals surface area contributed by atoms with Gasteiger partial charge < -0.3 is 9.47 Å². The highest BCUT2D eigenvalue weighted by Gasteiger charge is 2.32. The number of ether oxygens (including phenoxy) is 2. The number of likely N-dealkylation sites (N-methyl/N-ethyl adjacent to an activating group) is 1. The Kier molecular flexibility index (Phi) is 8.37. The molecule has 1 fully saturated rings. The molecular formula is C24H24BrN3O3S. The van der Waals surface area contributed by atoms with Gasteiger partial charge in [0.15, 0.2) is 16.7 Å².